The predicted molar refractivity (Wildman–Crippen MR) is 118 cm³/mol. The lowest BCUT2D eigenvalue weighted by atomic mass is 9.56. The van der Waals surface area contributed by atoms with Crippen molar-refractivity contribution in [2.24, 2.45) is 17.3 Å². The third-order valence-electron chi connectivity index (χ3n) is 8.06. The number of rotatable bonds is 2. The van der Waals surface area contributed by atoms with Crippen LogP contribution in [-0.2, 0) is 0 Å². The van der Waals surface area contributed by atoms with Gasteiger partial charge in [-0.2, -0.15) is 0 Å². The summed E-state index contributed by atoms with van der Waals surface area (Å²) < 4.78 is 0. The monoisotopic (exact) mass is 389 g/mol. The van der Waals surface area contributed by atoms with Crippen molar-refractivity contribution in [2.45, 2.75) is 44.6 Å². The number of allylic oxidation sites excluding steroid dienone is 1. The predicted octanol–water partition coefficient (Wildman–Crippen LogP) is 5.17. The fourth-order valence-electron chi connectivity index (χ4n) is 6.34. The number of phenolic OH excluding ortho intramolecular Hbond substituents is 1. The van der Waals surface area contributed by atoms with Crippen molar-refractivity contribution in [3.8, 4) is 5.75 Å². The first-order valence-electron chi connectivity index (χ1n) is 10.9. The van der Waals surface area contributed by atoms with E-state index in [0.717, 1.165) is 25.7 Å². The van der Waals surface area contributed by atoms with Crippen LogP contribution in [0.5, 0.6) is 5.75 Å². The van der Waals surface area contributed by atoms with Crippen LogP contribution in [0.25, 0.3) is 5.57 Å². The molecule has 3 aliphatic carbocycles. The summed E-state index contributed by atoms with van der Waals surface area (Å²) in [7, 11) is 4.11. The summed E-state index contributed by atoms with van der Waals surface area (Å²) in [5, 5.41) is 20.9. The molecule has 3 aliphatic rings. The van der Waals surface area contributed by atoms with Gasteiger partial charge in [0.1, 0.15) is 5.75 Å². The molecule has 0 aliphatic heterocycles. The second-order valence-corrected chi connectivity index (χ2v) is 9.72. The highest BCUT2D eigenvalue weighted by atomic mass is 16.3. The van der Waals surface area contributed by atoms with E-state index in [-0.39, 0.29) is 11.5 Å². The molecule has 2 fully saturated rings. The zero-order valence-electron chi connectivity index (χ0n) is 17.6. The molecule has 29 heavy (non-hydrogen) atoms. The summed E-state index contributed by atoms with van der Waals surface area (Å²) in [4.78, 5) is 2.11. The van der Waals surface area contributed by atoms with Crippen molar-refractivity contribution >= 4 is 11.3 Å². The number of benzene rings is 2. The Morgan fingerprint density at radius 3 is 2.48 bits per heavy atom. The van der Waals surface area contributed by atoms with Crippen molar-refractivity contribution in [1.29, 1.82) is 0 Å². The van der Waals surface area contributed by atoms with Crippen LogP contribution >= 0.6 is 0 Å². The molecule has 2 aromatic carbocycles. The lowest BCUT2D eigenvalue weighted by Gasteiger charge is -2.49. The zero-order valence-corrected chi connectivity index (χ0v) is 17.6. The molecule has 0 aromatic heterocycles. The molecule has 3 heteroatoms. The van der Waals surface area contributed by atoms with Crippen LogP contribution < -0.4 is 4.90 Å². The maximum absolute atomic E-state index is 10.7. The molecule has 3 nitrogen and oxygen atoms in total. The molecule has 0 bridgehead atoms. The second kappa shape index (κ2) is 6.63. The fraction of sp³-hybridized carbons (Fsp3) is 0.462. The van der Waals surface area contributed by atoms with E-state index in [1.165, 1.54) is 28.0 Å². The van der Waals surface area contributed by atoms with E-state index < -0.39 is 0 Å². The summed E-state index contributed by atoms with van der Waals surface area (Å²) in [5.41, 5.74) is 6.19. The van der Waals surface area contributed by atoms with Gasteiger partial charge >= 0.3 is 0 Å². The highest BCUT2D eigenvalue weighted by Gasteiger charge is 2.54. The standard InChI is InChI=1S/C26H31NO2/c1-26-13-12-20-19-9-8-18(28)14-22(19)21(15-23(20)24(26)10-11-25(26)29)16-4-6-17(7-5-16)27(2)3/h4-9,14-15,20,23-25,28-29H,10-13H2,1-3H3/t20-,23-,24+,25+,26+/m1/s1. The van der Waals surface area contributed by atoms with E-state index in [2.05, 4.69) is 62.3 Å². The molecule has 2 aromatic rings. The Bertz CT molecular complexity index is 961. The molecule has 0 radical (unpaired) electrons. The maximum atomic E-state index is 10.7. The van der Waals surface area contributed by atoms with Crippen molar-refractivity contribution < 1.29 is 10.2 Å². The first-order valence-corrected chi connectivity index (χ1v) is 10.9. The van der Waals surface area contributed by atoms with E-state index in [1.807, 2.05) is 12.1 Å². The number of phenols is 1. The first-order chi connectivity index (χ1) is 13.9. The van der Waals surface area contributed by atoms with Gasteiger partial charge in [0.25, 0.3) is 0 Å². The number of fused-ring (bicyclic) bond motifs is 5. The Hall–Kier alpha value is -2.26. The summed E-state index contributed by atoms with van der Waals surface area (Å²) >= 11 is 0. The summed E-state index contributed by atoms with van der Waals surface area (Å²) in [5.74, 6) is 1.79. The molecular weight excluding hydrogens is 358 g/mol. The number of anilines is 1. The minimum atomic E-state index is -0.175. The molecular formula is C26H31NO2. The summed E-state index contributed by atoms with van der Waals surface area (Å²) in [6.07, 6.45) is 6.52. The number of hydrogen-bond acceptors (Lipinski definition) is 3. The van der Waals surface area contributed by atoms with Crippen LogP contribution in [0.3, 0.4) is 0 Å². The largest absolute Gasteiger partial charge is 0.508 e. The molecule has 0 unspecified atom stereocenters. The minimum Gasteiger partial charge on any atom is -0.508 e. The van der Waals surface area contributed by atoms with E-state index in [9.17, 15) is 10.2 Å². The van der Waals surface area contributed by atoms with Gasteiger partial charge in [0.15, 0.2) is 0 Å². The second-order valence-electron chi connectivity index (χ2n) is 9.72. The van der Waals surface area contributed by atoms with Crippen molar-refractivity contribution in [1.82, 2.24) is 0 Å². The molecule has 0 saturated heterocycles. The van der Waals surface area contributed by atoms with Crippen LogP contribution in [0.4, 0.5) is 5.69 Å². The molecule has 0 amide bonds. The zero-order chi connectivity index (χ0) is 20.3. The Labute approximate surface area is 173 Å². The first kappa shape index (κ1) is 18.7. The van der Waals surface area contributed by atoms with E-state index in [0.29, 0.717) is 23.5 Å². The quantitative estimate of drug-likeness (QED) is 0.744. The number of aliphatic hydroxyl groups is 1. The smallest absolute Gasteiger partial charge is 0.116 e. The van der Waals surface area contributed by atoms with Crippen molar-refractivity contribution in [3.63, 3.8) is 0 Å². The average Bonchev–Trinajstić information content (AvgIpc) is 3.02. The summed E-state index contributed by atoms with van der Waals surface area (Å²) in [6, 6.07) is 14.6. The van der Waals surface area contributed by atoms with Gasteiger partial charge in [0.2, 0.25) is 0 Å². The van der Waals surface area contributed by atoms with Gasteiger partial charge in [0.05, 0.1) is 6.10 Å². The topological polar surface area (TPSA) is 43.7 Å². The highest BCUT2D eigenvalue weighted by Crippen LogP contribution is 2.61. The lowest BCUT2D eigenvalue weighted by molar-refractivity contribution is -0.00806. The average molecular weight is 390 g/mol. The van der Waals surface area contributed by atoms with Gasteiger partial charge in [-0.05, 0) is 95.4 Å². The lowest BCUT2D eigenvalue weighted by Crippen LogP contribution is -2.42. The number of aromatic hydroxyl groups is 1. The van der Waals surface area contributed by atoms with Crippen molar-refractivity contribution in [2.75, 3.05) is 19.0 Å². The van der Waals surface area contributed by atoms with E-state index >= 15 is 0 Å². The molecule has 2 N–H and O–H groups in total. The van der Waals surface area contributed by atoms with Crippen LogP contribution in [0, 0.1) is 17.3 Å². The Kier molecular flexibility index (Phi) is 4.29. The third kappa shape index (κ3) is 2.82. The molecule has 5 rings (SSSR count). The highest BCUT2D eigenvalue weighted by molar-refractivity contribution is 5.84. The number of nitrogens with zero attached hydrogens (tertiary/aromatic N) is 1. The van der Waals surface area contributed by atoms with E-state index in [1.54, 1.807) is 0 Å². The maximum Gasteiger partial charge on any atom is 0.116 e. The van der Waals surface area contributed by atoms with Crippen LogP contribution in [0.1, 0.15) is 55.2 Å². The molecule has 0 heterocycles. The van der Waals surface area contributed by atoms with Crippen molar-refractivity contribution in [3.05, 3.63) is 65.2 Å². The number of hydrogen-bond donors (Lipinski definition) is 2. The number of aliphatic hydroxyl groups excluding tert-OH is 1. The van der Waals surface area contributed by atoms with E-state index in [4.69, 9.17) is 0 Å². The minimum absolute atomic E-state index is 0.0337. The summed E-state index contributed by atoms with van der Waals surface area (Å²) in [6.45, 7) is 2.30. The SMILES string of the molecule is CN(C)c1ccc(C2=C[C@@H]3[C@H](CC[C@]4(C)[C@@H](O)CC[C@@H]34)c3ccc(O)cc32)cc1. The molecule has 152 valence electrons. The van der Waals surface area contributed by atoms with Gasteiger partial charge in [-0.15, -0.1) is 0 Å². The normalized spacial score (nSPS) is 32.8. The Balaban J connectivity index is 1.64. The molecule has 0 spiro atoms. The van der Waals surface area contributed by atoms with Gasteiger partial charge in [-0.25, -0.2) is 0 Å². The Morgan fingerprint density at radius 2 is 1.76 bits per heavy atom. The van der Waals surface area contributed by atoms with Gasteiger partial charge in [-0.1, -0.05) is 31.2 Å². The van der Waals surface area contributed by atoms with Gasteiger partial charge < -0.3 is 15.1 Å². The fourth-order valence-corrected chi connectivity index (χ4v) is 6.34. The third-order valence-corrected chi connectivity index (χ3v) is 8.06. The Morgan fingerprint density at radius 1 is 1.00 bits per heavy atom. The van der Waals surface area contributed by atoms with Crippen LogP contribution in [0.2, 0.25) is 0 Å². The molecule has 5 atom stereocenters. The molecule has 2 saturated carbocycles. The van der Waals surface area contributed by atoms with Gasteiger partial charge in [-0.3, -0.25) is 0 Å². The van der Waals surface area contributed by atoms with Crippen LogP contribution in [-0.4, -0.2) is 30.4 Å². The van der Waals surface area contributed by atoms with Crippen LogP contribution in [0.15, 0.2) is 48.5 Å². The van der Waals surface area contributed by atoms with Gasteiger partial charge in [0, 0.05) is 19.8 Å².